The van der Waals surface area contributed by atoms with E-state index in [-0.39, 0.29) is 11.8 Å². The Hall–Kier alpha value is -2.14. The number of hydrogen-bond acceptors (Lipinski definition) is 3. The molecule has 5 heteroatoms. The molecule has 0 atom stereocenters. The Balaban J connectivity index is 2.00. The third-order valence-corrected chi connectivity index (χ3v) is 5.86. The van der Waals surface area contributed by atoms with E-state index in [4.69, 9.17) is 0 Å². The molecule has 0 bridgehead atoms. The van der Waals surface area contributed by atoms with E-state index < -0.39 is 0 Å². The zero-order valence-electron chi connectivity index (χ0n) is 15.0. The predicted molar refractivity (Wildman–Crippen MR) is 104 cm³/mol. The maximum Gasteiger partial charge on any atom is 0.258 e. The third-order valence-electron chi connectivity index (χ3n) is 4.66. The van der Waals surface area contributed by atoms with Gasteiger partial charge in [-0.05, 0) is 56.2 Å². The third kappa shape index (κ3) is 3.76. The van der Waals surface area contributed by atoms with Crippen LogP contribution < -0.4 is 10.6 Å². The molecule has 132 valence electrons. The van der Waals surface area contributed by atoms with Crippen LogP contribution in [0.2, 0.25) is 0 Å². The van der Waals surface area contributed by atoms with Gasteiger partial charge in [-0.1, -0.05) is 24.6 Å². The van der Waals surface area contributed by atoms with Gasteiger partial charge in [0, 0.05) is 17.5 Å². The average molecular weight is 356 g/mol. The van der Waals surface area contributed by atoms with Gasteiger partial charge in [-0.15, -0.1) is 11.3 Å². The summed E-state index contributed by atoms with van der Waals surface area (Å²) in [5, 5.41) is 6.63. The van der Waals surface area contributed by atoms with E-state index in [0.29, 0.717) is 10.6 Å². The first kappa shape index (κ1) is 17.7. The normalized spacial score (nSPS) is 13.7. The van der Waals surface area contributed by atoms with Crippen LogP contribution in [0.15, 0.2) is 18.2 Å². The lowest BCUT2D eigenvalue weighted by atomic mass is 10.0. The lowest BCUT2D eigenvalue weighted by Crippen LogP contribution is -2.18. The molecule has 0 aliphatic heterocycles. The highest BCUT2D eigenvalue weighted by Crippen LogP contribution is 2.38. The first-order valence-corrected chi connectivity index (χ1v) is 9.58. The van der Waals surface area contributed by atoms with Crippen LogP contribution in [0.1, 0.15) is 58.1 Å². The van der Waals surface area contributed by atoms with Crippen molar-refractivity contribution in [3.63, 3.8) is 0 Å². The summed E-state index contributed by atoms with van der Waals surface area (Å²) >= 11 is 1.56. The number of carbonyl (C=O) groups excluding carboxylic acids is 2. The maximum absolute atomic E-state index is 13.1. The van der Waals surface area contributed by atoms with E-state index >= 15 is 0 Å². The van der Waals surface area contributed by atoms with E-state index in [9.17, 15) is 9.59 Å². The molecule has 4 nitrogen and oxygen atoms in total. The van der Waals surface area contributed by atoms with Gasteiger partial charge in [0.1, 0.15) is 5.00 Å². The molecule has 2 amide bonds. The van der Waals surface area contributed by atoms with Crippen molar-refractivity contribution in [3.8, 4) is 0 Å². The maximum atomic E-state index is 13.1. The van der Waals surface area contributed by atoms with Crippen LogP contribution in [0.25, 0.3) is 0 Å². The Kier molecular flexibility index (Phi) is 5.23. The van der Waals surface area contributed by atoms with Crippen molar-refractivity contribution in [2.24, 2.45) is 0 Å². The smallest absolute Gasteiger partial charge is 0.258 e. The molecule has 0 saturated heterocycles. The van der Waals surface area contributed by atoms with Crippen LogP contribution in [-0.4, -0.2) is 11.8 Å². The minimum atomic E-state index is -0.141. The van der Waals surface area contributed by atoms with Crippen molar-refractivity contribution in [1.82, 2.24) is 0 Å². The van der Waals surface area contributed by atoms with Gasteiger partial charge in [0.05, 0.1) is 5.56 Å². The van der Waals surface area contributed by atoms with Crippen LogP contribution in [-0.2, 0) is 17.6 Å². The van der Waals surface area contributed by atoms with Crippen LogP contribution in [0.4, 0.5) is 10.7 Å². The summed E-state index contributed by atoms with van der Waals surface area (Å²) in [6, 6.07) is 5.97. The number of anilines is 2. The van der Waals surface area contributed by atoms with Gasteiger partial charge in [-0.2, -0.15) is 0 Å². The van der Waals surface area contributed by atoms with Gasteiger partial charge in [0.25, 0.3) is 5.91 Å². The number of benzene rings is 1. The summed E-state index contributed by atoms with van der Waals surface area (Å²) in [5.41, 5.74) is 4.70. The van der Waals surface area contributed by atoms with Gasteiger partial charge in [-0.25, -0.2) is 0 Å². The second-order valence-electron chi connectivity index (χ2n) is 6.67. The van der Waals surface area contributed by atoms with Gasteiger partial charge in [-0.3, -0.25) is 9.59 Å². The van der Waals surface area contributed by atoms with E-state index in [1.165, 1.54) is 18.2 Å². The SMILES string of the molecule is CC(=O)Nc1sc2c(c1C(=O)Nc1c(C)cccc1C)CCCCC2. The molecule has 0 fully saturated rings. The van der Waals surface area contributed by atoms with Gasteiger partial charge in [0.2, 0.25) is 5.91 Å². The molecular formula is C20H24N2O2S. The predicted octanol–water partition coefficient (Wildman–Crippen LogP) is 4.84. The minimum absolute atomic E-state index is 0.124. The summed E-state index contributed by atoms with van der Waals surface area (Å²) < 4.78 is 0. The largest absolute Gasteiger partial charge is 0.321 e. The van der Waals surface area contributed by atoms with E-state index in [0.717, 1.165) is 48.1 Å². The molecular weight excluding hydrogens is 332 g/mol. The average Bonchev–Trinajstić information content (AvgIpc) is 2.72. The molecule has 1 aromatic carbocycles. The highest BCUT2D eigenvalue weighted by atomic mass is 32.1. The lowest BCUT2D eigenvalue weighted by Gasteiger charge is -2.13. The topological polar surface area (TPSA) is 58.2 Å². The number of carbonyl (C=O) groups is 2. The fraction of sp³-hybridized carbons (Fsp3) is 0.400. The molecule has 1 aliphatic carbocycles. The van der Waals surface area contributed by atoms with Crippen LogP contribution in [0, 0.1) is 13.8 Å². The number of para-hydroxylation sites is 1. The molecule has 1 aliphatic rings. The summed E-state index contributed by atoms with van der Waals surface area (Å²) in [4.78, 5) is 26.0. The highest BCUT2D eigenvalue weighted by Gasteiger charge is 2.25. The van der Waals surface area contributed by atoms with Gasteiger partial charge < -0.3 is 10.6 Å². The van der Waals surface area contributed by atoms with Crippen molar-refractivity contribution in [2.75, 3.05) is 10.6 Å². The first-order valence-electron chi connectivity index (χ1n) is 8.77. The summed E-state index contributed by atoms with van der Waals surface area (Å²) in [6.07, 6.45) is 5.32. The molecule has 2 aromatic rings. The van der Waals surface area contributed by atoms with Gasteiger partial charge >= 0.3 is 0 Å². The van der Waals surface area contributed by atoms with Crippen LogP contribution in [0.3, 0.4) is 0 Å². The number of aryl methyl sites for hydroxylation is 3. The number of nitrogens with one attached hydrogen (secondary N) is 2. The van der Waals surface area contributed by atoms with E-state index in [2.05, 4.69) is 10.6 Å². The summed E-state index contributed by atoms with van der Waals surface area (Å²) in [5.74, 6) is -0.266. The van der Waals surface area contributed by atoms with E-state index in [1.54, 1.807) is 11.3 Å². The molecule has 1 aromatic heterocycles. The first-order chi connectivity index (χ1) is 12.0. The fourth-order valence-corrected chi connectivity index (χ4v) is 4.75. The number of thiophene rings is 1. The molecule has 0 radical (unpaired) electrons. The monoisotopic (exact) mass is 356 g/mol. The lowest BCUT2D eigenvalue weighted by molar-refractivity contribution is -0.114. The van der Waals surface area contributed by atoms with Crippen LogP contribution >= 0.6 is 11.3 Å². The standard InChI is InChI=1S/C20H24N2O2S/c1-12-8-7-9-13(2)18(12)22-19(24)17-15-10-5-4-6-11-16(15)25-20(17)21-14(3)23/h7-9H,4-6,10-11H2,1-3H3,(H,21,23)(H,22,24). The molecule has 2 N–H and O–H groups in total. The molecule has 25 heavy (non-hydrogen) atoms. The minimum Gasteiger partial charge on any atom is -0.321 e. The van der Waals surface area contributed by atoms with Crippen molar-refractivity contribution in [3.05, 3.63) is 45.3 Å². The highest BCUT2D eigenvalue weighted by molar-refractivity contribution is 7.17. The Morgan fingerprint density at radius 2 is 1.68 bits per heavy atom. The van der Waals surface area contributed by atoms with E-state index in [1.807, 2.05) is 32.0 Å². The molecule has 0 saturated carbocycles. The summed E-state index contributed by atoms with van der Waals surface area (Å²) in [7, 11) is 0. The fourth-order valence-electron chi connectivity index (χ4n) is 3.42. The van der Waals surface area contributed by atoms with Crippen molar-refractivity contribution >= 4 is 33.8 Å². The number of hydrogen-bond donors (Lipinski definition) is 2. The second kappa shape index (κ2) is 7.40. The Morgan fingerprint density at radius 1 is 1.00 bits per heavy atom. The Labute approximate surface area is 152 Å². The number of amides is 2. The van der Waals surface area contributed by atoms with Crippen LogP contribution in [0.5, 0.6) is 0 Å². The van der Waals surface area contributed by atoms with Gasteiger partial charge in [0.15, 0.2) is 0 Å². The van der Waals surface area contributed by atoms with Crippen molar-refractivity contribution in [2.45, 2.75) is 52.9 Å². The second-order valence-corrected chi connectivity index (χ2v) is 7.78. The quantitative estimate of drug-likeness (QED) is 0.773. The molecule has 0 unspecified atom stereocenters. The Morgan fingerprint density at radius 3 is 2.36 bits per heavy atom. The zero-order valence-corrected chi connectivity index (χ0v) is 15.8. The molecule has 1 heterocycles. The number of fused-ring (bicyclic) bond motifs is 1. The van der Waals surface area contributed by atoms with Crippen molar-refractivity contribution < 1.29 is 9.59 Å². The van der Waals surface area contributed by atoms with Crippen molar-refractivity contribution in [1.29, 1.82) is 0 Å². The molecule has 3 rings (SSSR count). The molecule has 0 spiro atoms. The summed E-state index contributed by atoms with van der Waals surface area (Å²) in [6.45, 7) is 5.47. The Bertz CT molecular complexity index is 803. The number of rotatable bonds is 3. The zero-order chi connectivity index (χ0) is 18.0.